The number of carbonyl (C=O) groups excluding carboxylic acids is 2. The van der Waals surface area contributed by atoms with Crippen LogP contribution in [0.4, 0.5) is 4.79 Å². The third-order valence-corrected chi connectivity index (χ3v) is 4.04. The van der Waals surface area contributed by atoms with Gasteiger partial charge in [-0.15, -0.1) is 0 Å². The van der Waals surface area contributed by atoms with E-state index in [4.69, 9.17) is 9.47 Å². The summed E-state index contributed by atoms with van der Waals surface area (Å²) in [5, 5.41) is 8.13. The van der Waals surface area contributed by atoms with Crippen molar-refractivity contribution in [1.29, 1.82) is 0 Å². The summed E-state index contributed by atoms with van der Waals surface area (Å²) in [6.07, 6.45) is 2.00. The van der Waals surface area contributed by atoms with E-state index in [0.29, 0.717) is 18.7 Å². The molecule has 3 heterocycles. The first-order chi connectivity index (χ1) is 10.0. The van der Waals surface area contributed by atoms with E-state index in [1.807, 2.05) is 0 Å². The van der Waals surface area contributed by atoms with Crippen molar-refractivity contribution in [2.75, 3.05) is 13.7 Å². The first-order valence-electron chi connectivity index (χ1n) is 6.46. The average molecular weight is 359 g/mol. The van der Waals surface area contributed by atoms with E-state index in [1.165, 1.54) is 7.11 Å². The molecule has 0 aliphatic carbocycles. The number of amides is 3. The molecule has 3 amide bonds. The molecule has 0 saturated carbocycles. The van der Waals surface area contributed by atoms with Crippen molar-refractivity contribution in [1.82, 2.24) is 20.9 Å². The fraction of sp³-hybridized carbons (Fsp3) is 0.500. The van der Waals surface area contributed by atoms with Crippen LogP contribution in [0.2, 0.25) is 0 Å². The highest BCUT2D eigenvalue weighted by atomic mass is 79.9. The Kier molecular flexibility index (Phi) is 3.64. The van der Waals surface area contributed by atoms with Crippen molar-refractivity contribution in [3.8, 4) is 0 Å². The van der Waals surface area contributed by atoms with Crippen LogP contribution in [0.5, 0.6) is 0 Å². The number of aromatic nitrogens is 1. The highest BCUT2D eigenvalue weighted by Gasteiger charge is 2.55. The fourth-order valence-electron chi connectivity index (χ4n) is 2.59. The van der Waals surface area contributed by atoms with Gasteiger partial charge in [0.25, 0.3) is 11.8 Å². The Morgan fingerprint density at radius 3 is 3.10 bits per heavy atom. The van der Waals surface area contributed by atoms with Gasteiger partial charge in [0.15, 0.2) is 0 Å². The molecular formula is C12H15BrN4O4. The van der Waals surface area contributed by atoms with E-state index in [1.54, 1.807) is 12.3 Å². The lowest BCUT2D eigenvalue weighted by Gasteiger charge is -2.25. The predicted octanol–water partition coefficient (Wildman–Crippen LogP) is 0.277. The smallest absolute Gasteiger partial charge is 0.319 e. The minimum Gasteiger partial charge on any atom is -0.356 e. The molecular weight excluding hydrogens is 344 g/mol. The number of nitrogens with one attached hydrogen (secondary N) is 4. The lowest BCUT2D eigenvalue weighted by molar-refractivity contribution is -0.221. The molecule has 2 aliphatic heterocycles. The maximum atomic E-state index is 11.9. The van der Waals surface area contributed by atoms with E-state index >= 15 is 0 Å². The summed E-state index contributed by atoms with van der Waals surface area (Å²) in [7, 11) is 1.47. The Morgan fingerprint density at radius 1 is 1.67 bits per heavy atom. The monoisotopic (exact) mass is 358 g/mol. The van der Waals surface area contributed by atoms with Gasteiger partial charge in [0.2, 0.25) is 0 Å². The number of hydrogen-bond acceptors (Lipinski definition) is 4. The van der Waals surface area contributed by atoms with Gasteiger partial charge in [-0.05, 0) is 22.0 Å². The lowest BCUT2D eigenvalue weighted by Crippen LogP contribution is -2.49. The third kappa shape index (κ3) is 2.63. The fourth-order valence-corrected chi connectivity index (χ4v) is 2.93. The molecule has 2 aliphatic rings. The first-order valence-corrected chi connectivity index (χ1v) is 7.25. The minimum atomic E-state index is -1.14. The topological polar surface area (TPSA) is 104 Å². The molecule has 0 bridgehead atoms. The molecule has 4 N–H and O–H groups in total. The van der Waals surface area contributed by atoms with Gasteiger partial charge in [0.1, 0.15) is 11.7 Å². The Balaban J connectivity index is 1.56. The molecule has 0 spiro atoms. The molecule has 8 nitrogen and oxygen atoms in total. The standard InChI is InChI=1S/C12H15BrN4O4/c1-20-12-9(16-11(19)17-12)3-7(21-12)5-15-10(18)8-2-6(13)4-14-8/h2,4,7,9,14H,3,5H2,1H3,(H,15,18)(H2,16,17,19)/t7-,9+,12-/m1/s1. The molecule has 114 valence electrons. The van der Waals surface area contributed by atoms with Gasteiger partial charge < -0.3 is 25.1 Å². The number of carbonyl (C=O) groups is 2. The highest BCUT2D eigenvalue weighted by Crippen LogP contribution is 2.32. The summed E-state index contributed by atoms with van der Waals surface area (Å²) < 4.78 is 11.8. The second-order valence-corrected chi connectivity index (χ2v) is 5.86. The van der Waals surface area contributed by atoms with Gasteiger partial charge in [-0.2, -0.15) is 0 Å². The summed E-state index contributed by atoms with van der Waals surface area (Å²) in [5.74, 6) is -1.35. The second kappa shape index (κ2) is 5.32. The maximum Gasteiger partial charge on any atom is 0.319 e. The average Bonchev–Trinajstić information content (AvgIpc) is 3.08. The van der Waals surface area contributed by atoms with E-state index in [2.05, 4.69) is 36.9 Å². The number of hydrogen-bond donors (Lipinski definition) is 4. The van der Waals surface area contributed by atoms with E-state index in [-0.39, 0.29) is 24.1 Å². The number of rotatable bonds is 4. The zero-order chi connectivity index (χ0) is 15.0. The number of urea groups is 1. The molecule has 0 aromatic carbocycles. The molecule has 0 unspecified atom stereocenters. The normalized spacial score (nSPS) is 30.7. The van der Waals surface area contributed by atoms with E-state index < -0.39 is 5.91 Å². The van der Waals surface area contributed by atoms with Crippen molar-refractivity contribution >= 4 is 27.9 Å². The van der Waals surface area contributed by atoms with E-state index in [9.17, 15) is 9.59 Å². The third-order valence-electron chi connectivity index (χ3n) is 3.58. The van der Waals surface area contributed by atoms with Gasteiger partial charge in [0, 0.05) is 30.7 Å². The number of H-pyrrole nitrogens is 1. The van der Waals surface area contributed by atoms with Crippen LogP contribution < -0.4 is 16.0 Å². The maximum absolute atomic E-state index is 11.9. The molecule has 2 saturated heterocycles. The summed E-state index contributed by atoms with van der Waals surface area (Å²) in [4.78, 5) is 26.1. The Morgan fingerprint density at radius 2 is 2.48 bits per heavy atom. The van der Waals surface area contributed by atoms with Crippen LogP contribution in [-0.4, -0.2) is 48.6 Å². The lowest BCUT2D eigenvalue weighted by atomic mass is 10.1. The van der Waals surface area contributed by atoms with Crippen LogP contribution in [0.25, 0.3) is 0 Å². The summed E-state index contributed by atoms with van der Waals surface area (Å²) >= 11 is 3.27. The second-order valence-electron chi connectivity index (χ2n) is 4.94. The van der Waals surface area contributed by atoms with Gasteiger partial charge >= 0.3 is 6.03 Å². The number of halogens is 1. The Labute approximate surface area is 129 Å². The van der Waals surface area contributed by atoms with Crippen LogP contribution in [0.15, 0.2) is 16.7 Å². The molecule has 0 radical (unpaired) electrons. The quantitative estimate of drug-likeness (QED) is 0.620. The Bertz CT molecular complexity index is 577. The van der Waals surface area contributed by atoms with Crippen molar-refractivity contribution in [3.05, 3.63) is 22.4 Å². The molecule has 21 heavy (non-hydrogen) atoms. The highest BCUT2D eigenvalue weighted by molar-refractivity contribution is 9.10. The number of ether oxygens (including phenoxy) is 2. The molecule has 9 heteroatoms. The van der Waals surface area contributed by atoms with Crippen LogP contribution in [0.3, 0.4) is 0 Å². The van der Waals surface area contributed by atoms with Gasteiger partial charge in [0.05, 0.1) is 6.10 Å². The van der Waals surface area contributed by atoms with Gasteiger partial charge in [-0.3, -0.25) is 10.1 Å². The van der Waals surface area contributed by atoms with E-state index in [0.717, 1.165) is 4.47 Å². The first kappa shape index (κ1) is 14.4. The largest absolute Gasteiger partial charge is 0.356 e. The summed E-state index contributed by atoms with van der Waals surface area (Å²) in [6, 6.07) is 1.11. The summed E-state index contributed by atoms with van der Waals surface area (Å²) in [6.45, 7) is 0.328. The number of fused-ring (bicyclic) bond motifs is 1. The van der Waals surface area contributed by atoms with Crippen LogP contribution >= 0.6 is 15.9 Å². The van der Waals surface area contributed by atoms with Crippen molar-refractivity contribution < 1.29 is 19.1 Å². The van der Waals surface area contributed by atoms with Crippen molar-refractivity contribution in [2.24, 2.45) is 0 Å². The van der Waals surface area contributed by atoms with Crippen molar-refractivity contribution in [3.63, 3.8) is 0 Å². The summed E-state index contributed by atoms with van der Waals surface area (Å²) in [5.41, 5.74) is 0.466. The van der Waals surface area contributed by atoms with Crippen LogP contribution in [-0.2, 0) is 9.47 Å². The van der Waals surface area contributed by atoms with Crippen LogP contribution in [0.1, 0.15) is 16.9 Å². The van der Waals surface area contributed by atoms with Crippen molar-refractivity contribution in [2.45, 2.75) is 24.5 Å². The molecule has 1 aromatic rings. The number of aromatic amines is 1. The molecule has 1 aromatic heterocycles. The predicted molar refractivity (Wildman–Crippen MR) is 75.5 cm³/mol. The zero-order valence-electron chi connectivity index (χ0n) is 11.2. The van der Waals surface area contributed by atoms with Gasteiger partial charge in [-0.25, -0.2) is 4.79 Å². The zero-order valence-corrected chi connectivity index (χ0v) is 12.8. The minimum absolute atomic E-state index is 0.218. The van der Waals surface area contributed by atoms with Gasteiger partial charge in [-0.1, -0.05) is 0 Å². The molecule has 3 rings (SSSR count). The molecule has 2 fully saturated rings. The molecule has 3 atom stereocenters. The van der Waals surface area contributed by atoms with Crippen LogP contribution in [0, 0.1) is 0 Å². The number of methoxy groups -OCH3 is 1. The Hall–Kier alpha value is -1.58. The SMILES string of the molecule is CO[C@]12NC(=O)N[C@H]1C[C@H](CNC(=O)c1cc(Br)c[nH]1)O2.